The highest BCUT2D eigenvalue weighted by molar-refractivity contribution is 5.36. The molecule has 0 fully saturated rings. The second-order valence-electron chi connectivity index (χ2n) is 5.52. The van der Waals surface area contributed by atoms with Gasteiger partial charge in [-0.25, -0.2) is 4.98 Å². The van der Waals surface area contributed by atoms with Crippen molar-refractivity contribution in [1.29, 1.82) is 0 Å². The minimum Gasteiger partial charge on any atom is -0.439 e. The van der Waals surface area contributed by atoms with E-state index in [4.69, 9.17) is 10.5 Å². The van der Waals surface area contributed by atoms with Crippen molar-refractivity contribution < 1.29 is 4.74 Å². The summed E-state index contributed by atoms with van der Waals surface area (Å²) in [6, 6.07) is 10.1. The summed E-state index contributed by atoms with van der Waals surface area (Å²) >= 11 is 0. The van der Waals surface area contributed by atoms with Gasteiger partial charge in [-0.05, 0) is 54.7 Å². The normalized spacial score (nSPS) is 10.9. The van der Waals surface area contributed by atoms with Gasteiger partial charge in [-0.15, -0.1) is 0 Å². The Bertz CT molecular complexity index is 586. The van der Waals surface area contributed by atoms with Gasteiger partial charge in [0.2, 0.25) is 5.88 Å². The van der Waals surface area contributed by atoms with Gasteiger partial charge in [-0.1, -0.05) is 19.9 Å². The van der Waals surface area contributed by atoms with Crippen LogP contribution < -0.4 is 10.5 Å². The third kappa shape index (κ3) is 3.58. The summed E-state index contributed by atoms with van der Waals surface area (Å²) in [6.07, 6.45) is 0. The predicted molar refractivity (Wildman–Crippen MR) is 82.2 cm³/mol. The van der Waals surface area contributed by atoms with Gasteiger partial charge in [-0.2, -0.15) is 0 Å². The van der Waals surface area contributed by atoms with Crippen molar-refractivity contribution in [1.82, 2.24) is 4.98 Å². The van der Waals surface area contributed by atoms with Crippen molar-refractivity contribution in [3.8, 4) is 11.6 Å². The number of nitrogens with zero attached hydrogens (tertiary/aromatic N) is 1. The van der Waals surface area contributed by atoms with E-state index in [1.54, 1.807) is 0 Å². The summed E-state index contributed by atoms with van der Waals surface area (Å²) < 4.78 is 5.91. The summed E-state index contributed by atoms with van der Waals surface area (Å²) in [6.45, 7) is 8.84. The van der Waals surface area contributed by atoms with Crippen LogP contribution in [-0.4, -0.2) is 4.98 Å². The number of aryl methyl sites for hydroxylation is 2. The number of ether oxygens (including phenoxy) is 1. The Hall–Kier alpha value is -1.87. The Balaban J connectivity index is 2.34. The number of hydrogen-bond donors (Lipinski definition) is 1. The Morgan fingerprint density at radius 3 is 2.25 bits per heavy atom. The Kier molecular flexibility index (Phi) is 4.40. The lowest BCUT2D eigenvalue weighted by Crippen LogP contribution is -2.02. The molecule has 2 rings (SSSR count). The first-order chi connectivity index (χ1) is 9.47. The lowest BCUT2D eigenvalue weighted by atomic mass is 10.1. The molecule has 0 saturated heterocycles. The maximum atomic E-state index is 5.91. The van der Waals surface area contributed by atoms with E-state index in [2.05, 4.69) is 38.7 Å². The Morgan fingerprint density at radius 1 is 1.05 bits per heavy atom. The van der Waals surface area contributed by atoms with Crippen molar-refractivity contribution in [3.63, 3.8) is 0 Å². The molecule has 0 aliphatic rings. The fraction of sp³-hybridized carbons (Fsp3) is 0.353. The molecule has 0 atom stereocenters. The molecule has 20 heavy (non-hydrogen) atoms. The average Bonchev–Trinajstić information content (AvgIpc) is 2.36. The number of nitrogens with two attached hydrogens (primary N) is 1. The fourth-order valence-electron chi connectivity index (χ4n) is 2.16. The van der Waals surface area contributed by atoms with E-state index in [-0.39, 0.29) is 0 Å². The van der Waals surface area contributed by atoms with Crippen molar-refractivity contribution in [2.75, 3.05) is 0 Å². The van der Waals surface area contributed by atoms with Crippen molar-refractivity contribution >= 4 is 0 Å². The van der Waals surface area contributed by atoms with Gasteiger partial charge in [0, 0.05) is 18.3 Å². The number of pyridine rings is 1. The zero-order valence-electron chi connectivity index (χ0n) is 12.6. The van der Waals surface area contributed by atoms with Crippen LogP contribution in [0.5, 0.6) is 11.6 Å². The van der Waals surface area contributed by atoms with E-state index in [1.807, 2.05) is 24.3 Å². The minimum absolute atomic E-state index is 0.350. The Morgan fingerprint density at radius 2 is 1.70 bits per heavy atom. The third-order valence-electron chi connectivity index (χ3n) is 3.13. The van der Waals surface area contributed by atoms with Crippen LogP contribution >= 0.6 is 0 Å². The molecule has 0 aliphatic carbocycles. The highest BCUT2D eigenvalue weighted by Crippen LogP contribution is 2.25. The monoisotopic (exact) mass is 270 g/mol. The summed E-state index contributed by atoms with van der Waals surface area (Å²) in [5.41, 5.74) is 10.2. The first kappa shape index (κ1) is 14.5. The zero-order chi connectivity index (χ0) is 14.7. The van der Waals surface area contributed by atoms with Crippen LogP contribution in [0.1, 0.15) is 42.1 Å². The van der Waals surface area contributed by atoms with Crippen LogP contribution in [0.25, 0.3) is 0 Å². The number of benzene rings is 1. The molecule has 3 heteroatoms. The average molecular weight is 270 g/mol. The van der Waals surface area contributed by atoms with Crippen LogP contribution in [0.2, 0.25) is 0 Å². The van der Waals surface area contributed by atoms with Gasteiger partial charge in [0.1, 0.15) is 5.75 Å². The smallest absolute Gasteiger partial charge is 0.219 e. The number of aromatic nitrogens is 1. The van der Waals surface area contributed by atoms with Crippen LogP contribution in [0.4, 0.5) is 0 Å². The standard InChI is InChI=1S/C17H22N2O/c1-11(2)16-8-14(10-18)9-17(19-16)20-15-6-12(3)5-13(4)7-15/h5-9,11H,10,18H2,1-4H3. The molecule has 0 saturated carbocycles. The molecule has 2 N–H and O–H groups in total. The SMILES string of the molecule is Cc1cc(C)cc(Oc2cc(CN)cc(C(C)C)n2)c1. The molecule has 106 valence electrons. The Labute approximate surface area is 120 Å². The molecular weight excluding hydrogens is 248 g/mol. The van der Waals surface area contributed by atoms with E-state index in [9.17, 15) is 0 Å². The first-order valence-electron chi connectivity index (χ1n) is 6.95. The minimum atomic E-state index is 0.350. The van der Waals surface area contributed by atoms with Gasteiger partial charge >= 0.3 is 0 Å². The highest BCUT2D eigenvalue weighted by Gasteiger charge is 2.08. The van der Waals surface area contributed by atoms with Gasteiger partial charge in [-0.3, -0.25) is 0 Å². The summed E-state index contributed by atoms with van der Waals surface area (Å²) in [5, 5.41) is 0. The largest absolute Gasteiger partial charge is 0.439 e. The molecule has 3 nitrogen and oxygen atoms in total. The molecule has 0 unspecified atom stereocenters. The first-order valence-corrected chi connectivity index (χ1v) is 6.95. The van der Waals surface area contributed by atoms with E-state index in [1.165, 1.54) is 11.1 Å². The lowest BCUT2D eigenvalue weighted by Gasteiger charge is -2.12. The molecule has 2 aromatic rings. The summed E-state index contributed by atoms with van der Waals surface area (Å²) in [5.74, 6) is 1.78. The zero-order valence-corrected chi connectivity index (χ0v) is 12.6. The fourth-order valence-corrected chi connectivity index (χ4v) is 2.16. The van der Waals surface area contributed by atoms with Gasteiger partial charge in [0.05, 0.1) is 0 Å². The van der Waals surface area contributed by atoms with Crippen molar-refractivity contribution in [3.05, 3.63) is 52.7 Å². The lowest BCUT2D eigenvalue weighted by molar-refractivity contribution is 0.458. The molecule has 1 aromatic heterocycles. The second-order valence-corrected chi connectivity index (χ2v) is 5.52. The predicted octanol–water partition coefficient (Wildman–Crippen LogP) is 4.07. The number of hydrogen-bond acceptors (Lipinski definition) is 3. The van der Waals surface area contributed by atoms with E-state index < -0.39 is 0 Å². The van der Waals surface area contributed by atoms with Gasteiger partial charge in [0.25, 0.3) is 0 Å². The van der Waals surface area contributed by atoms with Gasteiger partial charge in [0.15, 0.2) is 0 Å². The topological polar surface area (TPSA) is 48.1 Å². The molecule has 0 bridgehead atoms. The van der Waals surface area contributed by atoms with Crippen LogP contribution in [-0.2, 0) is 6.54 Å². The van der Waals surface area contributed by atoms with Crippen molar-refractivity contribution in [2.45, 2.75) is 40.2 Å². The third-order valence-corrected chi connectivity index (χ3v) is 3.13. The van der Waals surface area contributed by atoms with Crippen LogP contribution in [0.15, 0.2) is 30.3 Å². The maximum Gasteiger partial charge on any atom is 0.219 e. The number of rotatable bonds is 4. The van der Waals surface area contributed by atoms with E-state index >= 15 is 0 Å². The highest BCUT2D eigenvalue weighted by atomic mass is 16.5. The van der Waals surface area contributed by atoms with Crippen molar-refractivity contribution in [2.24, 2.45) is 5.73 Å². The van der Waals surface area contributed by atoms with E-state index in [0.29, 0.717) is 18.3 Å². The van der Waals surface area contributed by atoms with Crippen LogP contribution in [0.3, 0.4) is 0 Å². The maximum absolute atomic E-state index is 5.91. The van der Waals surface area contributed by atoms with E-state index in [0.717, 1.165) is 17.0 Å². The molecule has 0 aliphatic heterocycles. The molecule has 0 amide bonds. The molecule has 1 aromatic carbocycles. The molecular formula is C17H22N2O. The second kappa shape index (κ2) is 6.06. The van der Waals surface area contributed by atoms with Gasteiger partial charge < -0.3 is 10.5 Å². The molecule has 1 heterocycles. The quantitative estimate of drug-likeness (QED) is 0.911. The van der Waals surface area contributed by atoms with Crippen LogP contribution in [0, 0.1) is 13.8 Å². The molecule has 0 spiro atoms. The summed E-state index contributed by atoms with van der Waals surface area (Å²) in [4.78, 5) is 4.56. The molecule has 0 radical (unpaired) electrons. The summed E-state index contributed by atoms with van der Waals surface area (Å²) in [7, 11) is 0.